The summed E-state index contributed by atoms with van der Waals surface area (Å²) in [6.45, 7) is 10.2. The minimum Gasteiger partial charge on any atom is -0.392 e. The average Bonchev–Trinajstić information content (AvgIpc) is 2.71. The van der Waals surface area contributed by atoms with Crippen LogP contribution in [0.3, 0.4) is 0 Å². The highest BCUT2D eigenvalue weighted by Gasteiger charge is 2.62. The maximum absolute atomic E-state index is 12.8. The predicted octanol–water partition coefficient (Wildman–Crippen LogP) is 3.76. The fraction of sp³-hybridized carbons (Fsp3) is 0.750. The number of fused-ring (bicyclic) bond motifs is 3. The van der Waals surface area contributed by atoms with Gasteiger partial charge in [-0.2, -0.15) is 0 Å². The topological polar surface area (TPSA) is 66.8 Å². The van der Waals surface area contributed by atoms with Crippen molar-refractivity contribution in [1.29, 1.82) is 0 Å². The lowest BCUT2D eigenvalue weighted by Gasteiger charge is -2.54. The van der Waals surface area contributed by atoms with Crippen LogP contribution in [0.15, 0.2) is 23.8 Å². The summed E-state index contributed by atoms with van der Waals surface area (Å²) in [5, 5.41) is 20.2. The Bertz CT molecular complexity index is 607. The average molecular weight is 334 g/mol. The summed E-state index contributed by atoms with van der Waals surface area (Å²) in [6.07, 6.45) is 7.28. The first kappa shape index (κ1) is 17.8. The second kappa shape index (κ2) is 5.52. The molecule has 0 heterocycles. The monoisotopic (exact) mass is 334 g/mol. The van der Waals surface area contributed by atoms with E-state index in [-0.39, 0.29) is 29.0 Å². The van der Waals surface area contributed by atoms with E-state index in [2.05, 4.69) is 26.8 Å². The van der Waals surface area contributed by atoms with E-state index in [0.717, 1.165) is 6.42 Å². The van der Waals surface area contributed by atoms with Crippen LogP contribution in [0.2, 0.25) is 0 Å². The fourth-order valence-corrected chi connectivity index (χ4v) is 5.26. The van der Waals surface area contributed by atoms with Gasteiger partial charge in [0.1, 0.15) is 5.60 Å². The summed E-state index contributed by atoms with van der Waals surface area (Å²) in [5.41, 5.74) is -0.470. The van der Waals surface area contributed by atoms with Crippen LogP contribution in [0, 0.1) is 28.6 Å². The first-order valence-electron chi connectivity index (χ1n) is 9.04. The molecule has 3 aliphatic rings. The fourth-order valence-electron chi connectivity index (χ4n) is 5.26. The molecule has 0 aromatic rings. The highest BCUT2D eigenvalue weighted by molar-refractivity contribution is 5.99. The molecule has 0 bridgehead atoms. The molecule has 3 aliphatic carbocycles. The summed E-state index contributed by atoms with van der Waals surface area (Å²) >= 11 is 0. The Morgan fingerprint density at radius 2 is 1.92 bits per heavy atom. The summed E-state index contributed by atoms with van der Waals surface area (Å²) in [7, 11) is 0. The van der Waals surface area contributed by atoms with Gasteiger partial charge in [-0.1, -0.05) is 38.5 Å². The zero-order valence-electron chi connectivity index (χ0n) is 15.4. The smallest absolute Gasteiger partial charge is 0.164 e. The van der Waals surface area contributed by atoms with Gasteiger partial charge in [0.2, 0.25) is 0 Å². The van der Waals surface area contributed by atoms with E-state index in [1.165, 1.54) is 5.57 Å². The molecule has 1 saturated carbocycles. The van der Waals surface area contributed by atoms with Crippen molar-refractivity contribution in [2.45, 2.75) is 65.6 Å². The van der Waals surface area contributed by atoms with Crippen LogP contribution in [0.1, 0.15) is 53.9 Å². The Hall–Kier alpha value is -0.970. The van der Waals surface area contributed by atoms with Gasteiger partial charge in [0.05, 0.1) is 11.5 Å². The summed E-state index contributed by atoms with van der Waals surface area (Å²) in [5.74, 6) is 0.645. The molecule has 2 N–H and O–H groups in total. The van der Waals surface area contributed by atoms with Crippen LogP contribution < -0.4 is 0 Å². The lowest BCUT2D eigenvalue weighted by molar-refractivity contribution is -0.304. The molecule has 0 spiro atoms. The largest absolute Gasteiger partial charge is 0.392 e. The van der Waals surface area contributed by atoms with Crippen molar-refractivity contribution in [3.8, 4) is 0 Å². The van der Waals surface area contributed by atoms with Crippen LogP contribution in [-0.4, -0.2) is 27.9 Å². The lowest BCUT2D eigenvalue weighted by atomic mass is 9.50. The van der Waals surface area contributed by atoms with Crippen LogP contribution in [0.5, 0.6) is 0 Å². The molecule has 6 atom stereocenters. The number of aliphatic hydroxyl groups excluding tert-OH is 1. The molecule has 1 fully saturated rings. The molecule has 3 rings (SSSR count). The van der Waals surface area contributed by atoms with Gasteiger partial charge in [-0.05, 0) is 62.4 Å². The summed E-state index contributed by atoms with van der Waals surface area (Å²) < 4.78 is 0. The van der Waals surface area contributed by atoms with Crippen LogP contribution in [-0.2, 0) is 9.68 Å². The van der Waals surface area contributed by atoms with Crippen molar-refractivity contribution in [3.63, 3.8) is 0 Å². The van der Waals surface area contributed by atoms with Crippen molar-refractivity contribution in [3.05, 3.63) is 23.8 Å². The molecule has 4 heteroatoms. The molecular formula is C20H30O4. The molecular weight excluding hydrogens is 304 g/mol. The first-order valence-corrected chi connectivity index (χ1v) is 9.04. The Morgan fingerprint density at radius 3 is 2.50 bits per heavy atom. The van der Waals surface area contributed by atoms with Gasteiger partial charge >= 0.3 is 0 Å². The number of carbonyl (C=O) groups is 1. The normalized spacial score (nSPS) is 48.1. The standard InChI is InChI=1S/C20H30O4/c1-12(2)13-10-15(21)20(5)16(22)11-18(3)8-9-19(4,24-23)7-6-14(18)17(13)20/h8-10,12,14,16-17,22-23H,6-7,11H2,1-5H3/t14-,16+,17?,18?,19+,20?/m1/s1. The maximum Gasteiger partial charge on any atom is 0.164 e. The summed E-state index contributed by atoms with van der Waals surface area (Å²) in [4.78, 5) is 17.5. The molecule has 24 heavy (non-hydrogen) atoms. The third-order valence-electron chi connectivity index (χ3n) is 7.05. The molecule has 0 aromatic heterocycles. The van der Waals surface area contributed by atoms with Gasteiger partial charge in [-0.25, -0.2) is 4.89 Å². The van der Waals surface area contributed by atoms with E-state index >= 15 is 0 Å². The number of rotatable bonds is 2. The Labute approximate surface area is 144 Å². The minimum absolute atomic E-state index is 0.0458. The van der Waals surface area contributed by atoms with Gasteiger partial charge in [0.15, 0.2) is 5.78 Å². The van der Waals surface area contributed by atoms with E-state index in [1.807, 2.05) is 19.9 Å². The third kappa shape index (κ3) is 2.34. The van der Waals surface area contributed by atoms with E-state index in [1.54, 1.807) is 6.08 Å². The van der Waals surface area contributed by atoms with E-state index in [9.17, 15) is 15.2 Å². The van der Waals surface area contributed by atoms with Crippen LogP contribution in [0.25, 0.3) is 0 Å². The second-order valence-corrected chi connectivity index (χ2v) is 9.03. The number of hydrogen-bond acceptors (Lipinski definition) is 4. The van der Waals surface area contributed by atoms with Gasteiger partial charge in [-0.15, -0.1) is 0 Å². The van der Waals surface area contributed by atoms with Crippen LogP contribution in [0.4, 0.5) is 0 Å². The Morgan fingerprint density at radius 1 is 1.25 bits per heavy atom. The van der Waals surface area contributed by atoms with E-state index in [4.69, 9.17) is 4.89 Å². The molecule has 0 aromatic carbocycles. The molecule has 4 nitrogen and oxygen atoms in total. The van der Waals surface area contributed by atoms with E-state index < -0.39 is 17.1 Å². The van der Waals surface area contributed by atoms with Crippen molar-refractivity contribution in [2.75, 3.05) is 0 Å². The lowest BCUT2D eigenvalue weighted by Crippen LogP contribution is -2.55. The predicted molar refractivity (Wildman–Crippen MR) is 92.2 cm³/mol. The van der Waals surface area contributed by atoms with E-state index in [0.29, 0.717) is 12.8 Å². The zero-order valence-corrected chi connectivity index (χ0v) is 15.4. The summed E-state index contributed by atoms with van der Waals surface area (Å²) in [6, 6.07) is 0. The molecule has 0 aliphatic heterocycles. The Kier molecular flexibility index (Phi) is 4.10. The molecule has 0 radical (unpaired) electrons. The second-order valence-electron chi connectivity index (χ2n) is 9.03. The minimum atomic E-state index is -0.724. The van der Waals surface area contributed by atoms with Gasteiger partial charge in [-0.3, -0.25) is 10.1 Å². The number of ketones is 1. The highest BCUT2D eigenvalue weighted by Crippen LogP contribution is 2.62. The highest BCUT2D eigenvalue weighted by atomic mass is 17.1. The maximum atomic E-state index is 12.8. The molecule has 0 saturated heterocycles. The van der Waals surface area contributed by atoms with Gasteiger partial charge in [0.25, 0.3) is 0 Å². The van der Waals surface area contributed by atoms with Crippen molar-refractivity contribution < 1.29 is 20.0 Å². The number of hydrogen-bond donors (Lipinski definition) is 2. The van der Waals surface area contributed by atoms with Crippen molar-refractivity contribution in [1.82, 2.24) is 0 Å². The molecule has 0 amide bonds. The van der Waals surface area contributed by atoms with Crippen molar-refractivity contribution >= 4 is 5.78 Å². The quantitative estimate of drug-likeness (QED) is 0.458. The van der Waals surface area contributed by atoms with Gasteiger partial charge < -0.3 is 5.11 Å². The molecule has 3 unspecified atom stereocenters. The number of aliphatic hydroxyl groups is 1. The van der Waals surface area contributed by atoms with Crippen molar-refractivity contribution in [2.24, 2.45) is 28.6 Å². The molecule has 134 valence electrons. The van der Waals surface area contributed by atoms with Crippen LogP contribution >= 0.6 is 0 Å². The Balaban J connectivity index is 2.09. The van der Waals surface area contributed by atoms with Gasteiger partial charge in [0, 0.05) is 0 Å². The zero-order chi connectivity index (χ0) is 17.9. The third-order valence-corrected chi connectivity index (χ3v) is 7.05. The number of carbonyl (C=O) groups excluding carboxylic acids is 1. The first-order chi connectivity index (χ1) is 11.1. The number of allylic oxidation sites excluding steroid dienone is 3. The SMILES string of the molecule is CC(C)C1=CC(=O)C2(C)C1[C@H]1CC[C@](C)(OO)C=CC1(C)C[C@@H]2O.